The van der Waals surface area contributed by atoms with Crippen molar-refractivity contribution in [3.63, 3.8) is 0 Å². The van der Waals surface area contributed by atoms with Crippen molar-refractivity contribution in [1.82, 2.24) is 0 Å². The first-order valence-electron chi connectivity index (χ1n) is 7.97. The molecule has 1 fully saturated rings. The van der Waals surface area contributed by atoms with Gasteiger partial charge >= 0.3 is 0 Å². The zero-order valence-corrected chi connectivity index (χ0v) is 13.4. The number of hydrogen-bond donors (Lipinski definition) is 1. The summed E-state index contributed by atoms with van der Waals surface area (Å²) in [5, 5.41) is 7.69. The van der Waals surface area contributed by atoms with E-state index in [1.165, 1.54) is 29.3 Å². The summed E-state index contributed by atoms with van der Waals surface area (Å²) in [5.74, 6) is -0.809. The molecule has 2 rings (SSSR count). The van der Waals surface area contributed by atoms with Gasteiger partial charge in [-0.1, -0.05) is 49.1 Å². The van der Waals surface area contributed by atoms with Crippen LogP contribution >= 0.6 is 0 Å². The van der Waals surface area contributed by atoms with E-state index in [1.807, 2.05) is 0 Å². The molecule has 1 aromatic carbocycles. The molecule has 0 aromatic heterocycles. The lowest BCUT2D eigenvalue weighted by Crippen LogP contribution is -2.33. The molecule has 0 radical (unpaired) electrons. The largest absolute Gasteiger partial charge is 0.342 e. The van der Waals surface area contributed by atoms with Crippen LogP contribution in [0, 0.1) is 19.3 Å². The first-order chi connectivity index (χ1) is 10.1. The average molecular weight is 289 g/mol. The van der Waals surface area contributed by atoms with E-state index in [2.05, 4.69) is 39.0 Å². The Balaban J connectivity index is 1.95. The van der Waals surface area contributed by atoms with Crippen LogP contribution < -0.4 is 0 Å². The van der Waals surface area contributed by atoms with Crippen LogP contribution in [0.25, 0.3) is 0 Å². The number of unbranched alkanes of at least 4 members (excludes halogenated alkanes) is 1. The van der Waals surface area contributed by atoms with Gasteiger partial charge in [-0.25, -0.2) is 0 Å². The number of ether oxygens (including phenoxy) is 2. The smallest absolute Gasteiger partial charge is 0.205 e. The Bertz CT molecular complexity index is 466. The second-order valence-corrected chi connectivity index (χ2v) is 6.15. The summed E-state index contributed by atoms with van der Waals surface area (Å²) < 4.78 is 11.8. The van der Waals surface area contributed by atoms with Crippen LogP contribution in [-0.4, -0.2) is 24.7 Å². The van der Waals surface area contributed by atoms with Crippen LogP contribution in [0.15, 0.2) is 18.2 Å². The van der Waals surface area contributed by atoms with Gasteiger partial charge in [0.05, 0.1) is 18.9 Å². The molecule has 1 aliphatic heterocycles. The van der Waals surface area contributed by atoms with Crippen molar-refractivity contribution in [3.8, 4) is 0 Å². The number of rotatable bonds is 7. The molecule has 2 unspecified atom stereocenters. The van der Waals surface area contributed by atoms with Crippen molar-refractivity contribution >= 4 is 6.21 Å². The fraction of sp³-hybridized carbons (Fsp3) is 0.611. The van der Waals surface area contributed by atoms with Gasteiger partial charge in [0.25, 0.3) is 0 Å². The van der Waals surface area contributed by atoms with Crippen molar-refractivity contribution < 1.29 is 9.47 Å². The number of aryl methyl sites for hydroxylation is 3. The van der Waals surface area contributed by atoms with Gasteiger partial charge in [0.1, 0.15) is 0 Å². The van der Waals surface area contributed by atoms with E-state index in [-0.39, 0.29) is 6.10 Å². The van der Waals surface area contributed by atoms with E-state index in [1.54, 1.807) is 0 Å². The van der Waals surface area contributed by atoms with Gasteiger partial charge < -0.3 is 14.9 Å². The molecular formula is C18H27NO2. The van der Waals surface area contributed by atoms with Gasteiger partial charge in [0, 0.05) is 6.42 Å². The van der Waals surface area contributed by atoms with Gasteiger partial charge in [-0.3, -0.25) is 0 Å². The van der Waals surface area contributed by atoms with Gasteiger partial charge in [-0.05, 0) is 32.3 Å². The summed E-state index contributed by atoms with van der Waals surface area (Å²) in [5.41, 5.74) is 3.85. The number of hydrogen-bond acceptors (Lipinski definition) is 3. The van der Waals surface area contributed by atoms with Gasteiger partial charge in [-0.2, -0.15) is 0 Å². The summed E-state index contributed by atoms with van der Waals surface area (Å²) in [6.07, 6.45) is 6.41. The highest BCUT2D eigenvalue weighted by Gasteiger charge is 2.39. The lowest BCUT2D eigenvalue weighted by molar-refractivity contribution is -0.113. The van der Waals surface area contributed by atoms with Gasteiger partial charge in [-0.15, -0.1) is 0 Å². The highest BCUT2D eigenvalue weighted by atomic mass is 16.7. The van der Waals surface area contributed by atoms with Crippen molar-refractivity contribution in [2.75, 3.05) is 6.61 Å². The lowest BCUT2D eigenvalue weighted by atomic mass is 10.0. The van der Waals surface area contributed by atoms with Crippen LogP contribution in [0.3, 0.4) is 0 Å². The predicted octanol–water partition coefficient (Wildman–Crippen LogP) is 4.19. The van der Waals surface area contributed by atoms with Crippen LogP contribution in [-0.2, 0) is 15.9 Å². The molecule has 1 saturated heterocycles. The fourth-order valence-corrected chi connectivity index (χ4v) is 2.97. The first-order valence-corrected chi connectivity index (χ1v) is 7.97. The molecule has 1 aliphatic rings. The molecule has 1 heterocycles. The maximum absolute atomic E-state index is 7.69. The Morgan fingerprint density at radius 3 is 2.62 bits per heavy atom. The molecule has 0 aliphatic carbocycles. The summed E-state index contributed by atoms with van der Waals surface area (Å²) in [4.78, 5) is 0. The van der Waals surface area contributed by atoms with Crippen LogP contribution in [0.4, 0.5) is 0 Å². The van der Waals surface area contributed by atoms with Crippen molar-refractivity contribution in [2.45, 2.75) is 64.8 Å². The number of benzene rings is 1. The standard InChI is InChI=1S/C18H27NO2/c1-4-5-6-17-12-20-18(13-19,21-17)8-7-16-10-14(2)9-15(3)11-16/h9-11,13,17,19H,4-8,12H2,1-3H3. The zero-order valence-electron chi connectivity index (χ0n) is 13.4. The van der Waals surface area contributed by atoms with E-state index < -0.39 is 5.79 Å². The molecule has 3 heteroatoms. The van der Waals surface area contributed by atoms with Crippen LogP contribution in [0.5, 0.6) is 0 Å². The topological polar surface area (TPSA) is 42.3 Å². The molecule has 3 nitrogen and oxygen atoms in total. The van der Waals surface area contributed by atoms with Crippen molar-refractivity contribution in [2.24, 2.45) is 0 Å². The first kappa shape index (κ1) is 16.2. The molecule has 2 atom stereocenters. The average Bonchev–Trinajstić information content (AvgIpc) is 2.86. The fourth-order valence-electron chi connectivity index (χ4n) is 2.97. The molecule has 0 spiro atoms. The summed E-state index contributed by atoms with van der Waals surface area (Å²) in [6, 6.07) is 6.58. The third kappa shape index (κ3) is 4.39. The second-order valence-electron chi connectivity index (χ2n) is 6.15. The predicted molar refractivity (Wildman–Crippen MR) is 86.1 cm³/mol. The van der Waals surface area contributed by atoms with Gasteiger partial charge in [0.15, 0.2) is 0 Å². The lowest BCUT2D eigenvalue weighted by Gasteiger charge is -2.23. The van der Waals surface area contributed by atoms with E-state index in [0.29, 0.717) is 13.0 Å². The molecule has 116 valence electrons. The normalized spacial score (nSPS) is 25.2. The zero-order chi connectivity index (χ0) is 15.3. The van der Waals surface area contributed by atoms with E-state index in [9.17, 15) is 0 Å². The van der Waals surface area contributed by atoms with Crippen molar-refractivity contribution in [3.05, 3.63) is 34.9 Å². The maximum atomic E-state index is 7.69. The van der Waals surface area contributed by atoms with Gasteiger partial charge in [0.2, 0.25) is 5.79 Å². The molecular weight excluding hydrogens is 262 g/mol. The summed E-state index contributed by atoms with van der Waals surface area (Å²) in [7, 11) is 0. The van der Waals surface area contributed by atoms with E-state index in [4.69, 9.17) is 14.9 Å². The monoisotopic (exact) mass is 289 g/mol. The summed E-state index contributed by atoms with van der Waals surface area (Å²) in [6.45, 7) is 7.03. The molecule has 1 N–H and O–H groups in total. The Labute approximate surface area is 128 Å². The third-order valence-corrected chi connectivity index (χ3v) is 4.02. The Hall–Kier alpha value is -1.19. The molecule has 0 amide bonds. The third-order valence-electron chi connectivity index (χ3n) is 4.02. The van der Waals surface area contributed by atoms with Crippen LogP contribution in [0.1, 0.15) is 49.3 Å². The second kappa shape index (κ2) is 7.19. The van der Waals surface area contributed by atoms with E-state index >= 15 is 0 Å². The minimum atomic E-state index is -0.809. The Morgan fingerprint density at radius 1 is 1.29 bits per heavy atom. The minimum absolute atomic E-state index is 0.144. The molecule has 21 heavy (non-hydrogen) atoms. The Morgan fingerprint density at radius 2 is 2.00 bits per heavy atom. The molecule has 1 aromatic rings. The maximum Gasteiger partial charge on any atom is 0.205 e. The molecule has 0 saturated carbocycles. The van der Waals surface area contributed by atoms with E-state index in [0.717, 1.165) is 19.3 Å². The molecule has 0 bridgehead atoms. The highest BCUT2D eigenvalue weighted by Crippen LogP contribution is 2.29. The van der Waals surface area contributed by atoms with Crippen LogP contribution in [0.2, 0.25) is 0 Å². The number of nitrogens with one attached hydrogen (secondary N) is 1. The minimum Gasteiger partial charge on any atom is -0.342 e. The SMILES string of the molecule is CCCCC1COC(C=N)(CCc2cc(C)cc(C)c2)O1. The Kier molecular flexibility index (Phi) is 5.54. The highest BCUT2D eigenvalue weighted by molar-refractivity contribution is 5.63. The summed E-state index contributed by atoms with van der Waals surface area (Å²) >= 11 is 0. The quantitative estimate of drug-likeness (QED) is 0.765. The van der Waals surface area contributed by atoms with Crippen molar-refractivity contribution in [1.29, 1.82) is 5.41 Å².